The van der Waals surface area contributed by atoms with Crippen molar-refractivity contribution in [1.82, 2.24) is 10.6 Å². The average Bonchev–Trinajstić information content (AvgIpc) is 2.65. The predicted molar refractivity (Wildman–Crippen MR) is 98.7 cm³/mol. The predicted octanol–water partition coefficient (Wildman–Crippen LogP) is 2.50. The molecule has 0 bridgehead atoms. The second kappa shape index (κ2) is 10.2. The lowest BCUT2D eigenvalue weighted by Crippen LogP contribution is -2.45. The van der Waals surface area contributed by atoms with Crippen LogP contribution in [0.3, 0.4) is 0 Å². The maximum absolute atomic E-state index is 12.4. The molecule has 0 saturated heterocycles. The highest BCUT2D eigenvalue weighted by molar-refractivity contribution is 5.75. The Balaban J connectivity index is 1.98. The van der Waals surface area contributed by atoms with Crippen molar-refractivity contribution in [2.45, 2.75) is 31.3 Å². The highest BCUT2D eigenvalue weighted by atomic mass is 16.4. The molecule has 1 unspecified atom stereocenters. The number of amides is 2. The standard InChI is InChI=1S/C20H24N2O4/c23-14-18(16-9-5-2-6-10-16)22-20(26)21-17(11-12-19(24)25)13-15-7-3-1-4-8-15/h1-10,17-18,23H,11-14H2,(H,24,25)(H2,21,22,26)/t17?,18-/m0/s1. The summed E-state index contributed by atoms with van der Waals surface area (Å²) >= 11 is 0. The maximum atomic E-state index is 12.4. The number of aliphatic hydroxyl groups excluding tert-OH is 1. The molecule has 0 saturated carbocycles. The molecule has 138 valence electrons. The Kier molecular flexibility index (Phi) is 7.64. The SMILES string of the molecule is O=C(O)CCC(Cc1ccccc1)NC(=O)N[C@@H](CO)c1ccccc1. The minimum absolute atomic E-state index is 0.0279. The van der Waals surface area contributed by atoms with E-state index < -0.39 is 18.0 Å². The number of carbonyl (C=O) groups is 2. The zero-order valence-corrected chi connectivity index (χ0v) is 14.5. The normalized spacial score (nSPS) is 12.8. The molecule has 6 heteroatoms. The smallest absolute Gasteiger partial charge is 0.315 e. The molecule has 0 aliphatic rings. The molecule has 0 fully saturated rings. The zero-order chi connectivity index (χ0) is 18.8. The lowest BCUT2D eigenvalue weighted by atomic mass is 10.0. The Morgan fingerprint density at radius 2 is 1.54 bits per heavy atom. The molecule has 0 heterocycles. The number of aliphatic carboxylic acids is 1. The van der Waals surface area contributed by atoms with E-state index in [4.69, 9.17) is 5.11 Å². The second-order valence-corrected chi connectivity index (χ2v) is 6.08. The molecule has 0 aromatic heterocycles. The molecule has 2 aromatic carbocycles. The molecule has 2 rings (SSSR count). The van der Waals surface area contributed by atoms with E-state index in [1.807, 2.05) is 60.7 Å². The van der Waals surface area contributed by atoms with Gasteiger partial charge >= 0.3 is 12.0 Å². The van der Waals surface area contributed by atoms with Gasteiger partial charge < -0.3 is 20.8 Å². The van der Waals surface area contributed by atoms with Gasteiger partial charge in [-0.1, -0.05) is 60.7 Å². The molecule has 2 aromatic rings. The van der Waals surface area contributed by atoms with Crippen LogP contribution in [0.25, 0.3) is 0 Å². The maximum Gasteiger partial charge on any atom is 0.315 e. The number of urea groups is 1. The first-order valence-electron chi connectivity index (χ1n) is 8.57. The van der Waals surface area contributed by atoms with Crippen molar-refractivity contribution in [2.24, 2.45) is 0 Å². The highest BCUT2D eigenvalue weighted by Crippen LogP contribution is 2.12. The minimum atomic E-state index is -0.900. The van der Waals surface area contributed by atoms with Crippen LogP contribution in [0.2, 0.25) is 0 Å². The summed E-state index contributed by atoms with van der Waals surface area (Å²) in [6.07, 6.45) is 0.837. The van der Waals surface area contributed by atoms with Crippen LogP contribution in [-0.4, -0.2) is 34.9 Å². The zero-order valence-electron chi connectivity index (χ0n) is 14.5. The number of carboxylic acids is 1. The van der Waals surface area contributed by atoms with Crippen molar-refractivity contribution < 1.29 is 19.8 Å². The first kappa shape index (κ1) is 19.5. The van der Waals surface area contributed by atoms with Crippen LogP contribution in [-0.2, 0) is 11.2 Å². The summed E-state index contributed by atoms with van der Waals surface area (Å²) in [6.45, 7) is -0.226. The monoisotopic (exact) mass is 356 g/mol. The lowest BCUT2D eigenvalue weighted by Gasteiger charge is -2.22. The molecule has 0 spiro atoms. The van der Waals surface area contributed by atoms with Crippen LogP contribution in [0.15, 0.2) is 60.7 Å². The number of hydrogen-bond acceptors (Lipinski definition) is 3. The molecule has 0 radical (unpaired) electrons. The number of aliphatic hydroxyl groups is 1. The minimum Gasteiger partial charge on any atom is -0.481 e. The molecule has 2 amide bonds. The third kappa shape index (κ3) is 6.57. The van der Waals surface area contributed by atoms with E-state index in [9.17, 15) is 14.7 Å². The van der Waals surface area contributed by atoms with E-state index in [1.54, 1.807) is 0 Å². The molecule has 4 N–H and O–H groups in total. The van der Waals surface area contributed by atoms with Gasteiger partial charge in [0.2, 0.25) is 0 Å². The Morgan fingerprint density at radius 3 is 2.12 bits per heavy atom. The lowest BCUT2D eigenvalue weighted by molar-refractivity contribution is -0.137. The molecule has 0 aliphatic heterocycles. The second-order valence-electron chi connectivity index (χ2n) is 6.08. The molecular weight excluding hydrogens is 332 g/mol. The van der Waals surface area contributed by atoms with Crippen LogP contribution in [0, 0.1) is 0 Å². The van der Waals surface area contributed by atoms with E-state index >= 15 is 0 Å². The number of hydrogen-bond donors (Lipinski definition) is 4. The Bertz CT molecular complexity index is 691. The fourth-order valence-corrected chi connectivity index (χ4v) is 2.73. The van der Waals surface area contributed by atoms with Gasteiger partial charge in [0.05, 0.1) is 12.6 Å². The van der Waals surface area contributed by atoms with Crippen molar-refractivity contribution >= 4 is 12.0 Å². The summed E-state index contributed by atoms with van der Waals surface area (Å²) in [4.78, 5) is 23.2. The summed E-state index contributed by atoms with van der Waals surface area (Å²) in [6, 6.07) is 17.5. The van der Waals surface area contributed by atoms with Crippen molar-refractivity contribution in [3.63, 3.8) is 0 Å². The first-order valence-corrected chi connectivity index (χ1v) is 8.57. The summed E-state index contributed by atoms with van der Waals surface area (Å²) in [7, 11) is 0. The van der Waals surface area contributed by atoms with Gasteiger partial charge in [-0.2, -0.15) is 0 Å². The third-order valence-electron chi connectivity index (χ3n) is 4.06. The Hall–Kier alpha value is -2.86. The number of rotatable bonds is 9. The van der Waals surface area contributed by atoms with Gasteiger partial charge in [0, 0.05) is 12.5 Å². The molecule has 6 nitrogen and oxygen atoms in total. The Labute approximate surface area is 152 Å². The molecular formula is C20H24N2O4. The first-order chi connectivity index (χ1) is 12.6. The number of carboxylic acid groups (broad SMARTS) is 1. The van der Waals surface area contributed by atoms with Crippen molar-refractivity contribution in [3.05, 3.63) is 71.8 Å². The van der Waals surface area contributed by atoms with Gasteiger partial charge in [0.15, 0.2) is 0 Å². The fourth-order valence-electron chi connectivity index (χ4n) is 2.73. The van der Waals surface area contributed by atoms with Crippen LogP contribution < -0.4 is 10.6 Å². The molecule has 26 heavy (non-hydrogen) atoms. The van der Waals surface area contributed by atoms with Gasteiger partial charge in [0.25, 0.3) is 0 Å². The number of carbonyl (C=O) groups excluding carboxylic acids is 1. The highest BCUT2D eigenvalue weighted by Gasteiger charge is 2.18. The summed E-state index contributed by atoms with van der Waals surface area (Å²) < 4.78 is 0. The fraction of sp³-hybridized carbons (Fsp3) is 0.300. The quantitative estimate of drug-likeness (QED) is 0.555. The van der Waals surface area contributed by atoms with E-state index in [1.165, 1.54) is 0 Å². The van der Waals surface area contributed by atoms with Gasteiger partial charge in [-0.15, -0.1) is 0 Å². The van der Waals surface area contributed by atoms with Gasteiger partial charge in [-0.05, 0) is 24.0 Å². The topological polar surface area (TPSA) is 98.7 Å². The van der Waals surface area contributed by atoms with Crippen LogP contribution in [0.5, 0.6) is 0 Å². The van der Waals surface area contributed by atoms with E-state index in [2.05, 4.69) is 10.6 Å². The van der Waals surface area contributed by atoms with Gasteiger partial charge in [-0.25, -0.2) is 4.79 Å². The largest absolute Gasteiger partial charge is 0.481 e. The van der Waals surface area contributed by atoms with Gasteiger partial charge in [0.1, 0.15) is 0 Å². The number of nitrogens with one attached hydrogen (secondary N) is 2. The number of benzene rings is 2. The van der Waals surface area contributed by atoms with Crippen molar-refractivity contribution in [3.8, 4) is 0 Å². The van der Waals surface area contributed by atoms with Gasteiger partial charge in [-0.3, -0.25) is 4.79 Å². The Morgan fingerprint density at radius 1 is 0.923 bits per heavy atom. The van der Waals surface area contributed by atoms with Crippen molar-refractivity contribution in [2.75, 3.05) is 6.61 Å². The van der Waals surface area contributed by atoms with E-state index in [0.717, 1.165) is 11.1 Å². The van der Waals surface area contributed by atoms with E-state index in [0.29, 0.717) is 12.8 Å². The summed E-state index contributed by atoms with van der Waals surface area (Å²) in [5.74, 6) is -0.900. The summed E-state index contributed by atoms with van der Waals surface area (Å²) in [5.41, 5.74) is 1.82. The average molecular weight is 356 g/mol. The van der Waals surface area contributed by atoms with E-state index in [-0.39, 0.29) is 19.1 Å². The molecule has 2 atom stereocenters. The van der Waals surface area contributed by atoms with Crippen molar-refractivity contribution in [1.29, 1.82) is 0 Å². The summed E-state index contributed by atoms with van der Waals surface area (Å²) in [5, 5.41) is 24.1. The van der Waals surface area contributed by atoms with Crippen LogP contribution >= 0.6 is 0 Å². The molecule has 0 aliphatic carbocycles. The van der Waals surface area contributed by atoms with Crippen LogP contribution in [0.4, 0.5) is 4.79 Å². The van der Waals surface area contributed by atoms with Crippen LogP contribution in [0.1, 0.15) is 30.0 Å². The third-order valence-corrected chi connectivity index (χ3v) is 4.06.